The van der Waals surface area contributed by atoms with Crippen molar-refractivity contribution >= 4 is 21.6 Å². The number of ether oxygens (including phenoxy) is 2. The number of nitrogens with zero attached hydrogens (tertiary/aromatic N) is 4. The van der Waals surface area contributed by atoms with Gasteiger partial charge >= 0.3 is 4.87 Å². The topological polar surface area (TPSA) is 69.5 Å². The van der Waals surface area contributed by atoms with Gasteiger partial charge in [-0.3, -0.25) is 14.3 Å². The fraction of sp³-hybridized carbons (Fsp3) is 0.233. The third-order valence-corrected chi connectivity index (χ3v) is 7.76. The minimum atomic E-state index is -0.649. The summed E-state index contributed by atoms with van der Waals surface area (Å²) in [6, 6.07) is 16.5. The fourth-order valence-corrected chi connectivity index (χ4v) is 5.63. The molecule has 2 aromatic heterocycles. The average molecular weight is 561 g/mol. The number of aromatic nitrogens is 3. The van der Waals surface area contributed by atoms with Gasteiger partial charge in [-0.05, 0) is 47.0 Å². The van der Waals surface area contributed by atoms with Crippen LogP contribution < -0.4 is 9.61 Å². The molecular weight excluding hydrogens is 534 g/mol. The highest BCUT2D eigenvalue weighted by atomic mass is 32.1. The lowest BCUT2D eigenvalue weighted by atomic mass is 10.0. The second-order valence-corrected chi connectivity index (χ2v) is 10.5. The first-order chi connectivity index (χ1) is 19.5. The third kappa shape index (κ3) is 5.94. The van der Waals surface area contributed by atoms with Gasteiger partial charge in [0.25, 0.3) is 0 Å². The molecule has 0 radical (unpaired) electrons. The Balaban J connectivity index is 1.19. The molecule has 1 aliphatic rings. The maximum Gasteiger partial charge on any atom is 0.308 e. The Labute approximate surface area is 233 Å². The highest BCUT2D eigenvalue weighted by Gasteiger charge is 2.13. The maximum absolute atomic E-state index is 13.8. The molecule has 1 fully saturated rings. The van der Waals surface area contributed by atoms with Crippen LogP contribution >= 0.6 is 11.3 Å². The molecule has 6 rings (SSSR count). The molecule has 0 bridgehead atoms. The summed E-state index contributed by atoms with van der Waals surface area (Å²) in [7, 11) is 0. The first-order valence-corrected chi connectivity index (χ1v) is 13.8. The molecule has 0 aliphatic carbocycles. The quantitative estimate of drug-likeness (QED) is 0.259. The van der Waals surface area contributed by atoms with E-state index in [1.54, 1.807) is 29.1 Å². The Morgan fingerprint density at radius 2 is 1.68 bits per heavy atom. The zero-order valence-corrected chi connectivity index (χ0v) is 22.4. The van der Waals surface area contributed by atoms with Gasteiger partial charge in [0.05, 0.1) is 42.4 Å². The zero-order chi connectivity index (χ0) is 27.5. The smallest absolute Gasteiger partial charge is 0.308 e. The molecular formula is C30H26F2N4O3S. The number of hydrogen-bond donors (Lipinski definition) is 0. The standard InChI is InChI=1S/C30H26F2N4O3S/c31-24-13-23(14-25(32)16-24)21-4-5-28-27(15-21)36(30(37)40-28)19-20-2-1-3-22(12-20)29-33-17-26(18-34-29)39-11-8-35-6-9-38-10-7-35/h1-5,12-18H,6-11,19H2. The van der Waals surface area contributed by atoms with Crippen molar-refractivity contribution in [2.75, 3.05) is 39.5 Å². The van der Waals surface area contributed by atoms with E-state index in [4.69, 9.17) is 9.47 Å². The first-order valence-electron chi connectivity index (χ1n) is 13.0. The van der Waals surface area contributed by atoms with E-state index in [1.165, 1.54) is 12.1 Å². The van der Waals surface area contributed by atoms with Crippen LogP contribution in [-0.2, 0) is 11.3 Å². The number of fused-ring (bicyclic) bond motifs is 1. The van der Waals surface area contributed by atoms with Gasteiger partial charge in [0.15, 0.2) is 11.6 Å². The van der Waals surface area contributed by atoms with Gasteiger partial charge in [0, 0.05) is 31.3 Å². The average Bonchev–Trinajstić information content (AvgIpc) is 3.27. The summed E-state index contributed by atoms with van der Waals surface area (Å²) in [5.74, 6) is -0.132. The van der Waals surface area contributed by atoms with Crippen molar-refractivity contribution in [1.82, 2.24) is 19.4 Å². The molecule has 1 aliphatic heterocycles. The van der Waals surface area contributed by atoms with E-state index in [2.05, 4.69) is 14.9 Å². The van der Waals surface area contributed by atoms with Crippen molar-refractivity contribution in [3.05, 3.63) is 99.9 Å². The van der Waals surface area contributed by atoms with E-state index in [-0.39, 0.29) is 4.87 Å². The normalized spacial score (nSPS) is 14.1. The van der Waals surface area contributed by atoms with Crippen molar-refractivity contribution in [2.45, 2.75) is 6.54 Å². The zero-order valence-electron chi connectivity index (χ0n) is 21.6. The van der Waals surface area contributed by atoms with Gasteiger partial charge in [-0.25, -0.2) is 18.7 Å². The molecule has 5 aromatic rings. The van der Waals surface area contributed by atoms with Crippen molar-refractivity contribution < 1.29 is 18.3 Å². The van der Waals surface area contributed by atoms with E-state index >= 15 is 0 Å². The van der Waals surface area contributed by atoms with Crippen LogP contribution in [0.25, 0.3) is 32.7 Å². The van der Waals surface area contributed by atoms with E-state index in [9.17, 15) is 13.6 Å². The van der Waals surface area contributed by atoms with Gasteiger partial charge in [-0.1, -0.05) is 35.6 Å². The van der Waals surface area contributed by atoms with Gasteiger partial charge in [0.2, 0.25) is 0 Å². The number of hydrogen-bond acceptors (Lipinski definition) is 7. The van der Waals surface area contributed by atoms with Crippen molar-refractivity contribution in [3.8, 4) is 28.3 Å². The molecule has 3 heterocycles. The van der Waals surface area contributed by atoms with Crippen molar-refractivity contribution in [3.63, 3.8) is 0 Å². The Morgan fingerprint density at radius 3 is 2.45 bits per heavy atom. The number of morpholine rings is 1. The lowest BCUT2D eigenvalue weighted by Gasteiger charge is -2.26. The van der Waals surface area contributed by atoms with Gasteiger partial charge in [-0.2, -0.15) is 0 Å². The van der Waals surface area contributed by atoms with E-state index < -0.39 is 11.6 Å². The highest BCUT2D eigenvalue weighted by molar-refractivity contribution is 7.16. The van der Waals surface area contributed by atoms with Crippen LogP contribution in [0.2, 0.25) is 0 Å². The maximum atomic E-state index is 13.8. The summed E-state index contributed by atoms with van der Waals surface area (Å²) < 4.78 is 41.3. The molecule has 204 valence electrons. The predicted molar refractivity (Wildman–Crippen MR) is 151 cm³/mol. The SMILES string of the molecule is O=c1sc2ccc(-c3cc(F)cc(F)c3)cc2n1Cc1cccc(-c2ncc(OCCN3CCOCC3)cn2)c1. The highest BCUT2D eigenvalue weighted by Crippen LogP contribution is 2.28. The van der Waals surface area contributed by atoms with E-state index in [0.29, 0.717) is 41.4 Å². The minimum Gasteiger partial charge on any atom is -0.489 e. The molecule has 0 spiro atoms. The molecule has 1 saturated heterocycles. The molecule has 40 heavy (non-hydrogen) atoms. The molecule has 0 N–H and O–H groups in total. The lowest BCUT2D eigenvalue weighted by Crippen LogP contribution is -2.38. The Hall–Kier alpha value is -3.99. The van der Waals surface area contributed by atoms with Crippen LogP contribution in [0.3, 0.4) is 0 Å². The molecule has 10 heteroatoms. The van der Waals surface area contributed by atoms with Crippen molar-refractivity contribution in [2.24, 2.45) is 0 Å². The second kappa shape index (κ2) is 11.6. The Morgan fingerprint density at radius 1 is 0.900 bits per heavy atom. The summed E-state index contributed by atoms with van der Waals surface area (Å²) in [5.41, 5.74) is 3.47. The summed E-state index contributed by atoms with van der Waals surface area (Å²) in [5, 5.41) is 0. The number of benzene rings is 3. The Kier molecular flexibility index (Phi) is 7.63. The van der Waals surface area contributed by atoms with E-state index in [1.807, 2.05) is 30.3 Å². The summed E-state index contributed by atoms with van der Waals surface area (Å²) >= 11 is 1.14. The molecule has 0 unspecified atom stereocenters. The molecule has 0 saturated carbocycles. The van der Waals surface area contributed by atoms with Crippen LogP contribution in [0, 0.1) is 11.6 Å². The fourth-order valence-electron chi connectivity index (χ4n) is 4.76. The minimum absolute atomic E-state index is 0.113. The monoisotopic (exact) mass is 560 g/mol. The second-order valence-electron chi connectivity index (χ2n) is 9.54. The summed E-state index contributed by atoms with van der Waals surface area (Å²) in [6.07, 6.45) is 3.34. The van der Waals surface area contributed by atoms with Gasteiger partial charge in [-0.15, -0.1) is 0 Å². The molecule has 0 amide bonds. The van der Waals surface area contributed by atoms with Crippen LogP contribution in [0.4, 0.5) is 8.78 Å². The summed E-state index contributed by atoms with van der Waals surface area (Å²) in [4.78, 5) is 24.0. The summed E-state index contributed by atoms with van der Waals surface area (Å²) in [6.45, 7) is 5.04. The van der Waals surface area contributed by atoms with Crippen LogP contribution in [0.15, 0.2) is 77.9 Å². The predicted octanol–water partition coefficient (Wildman–Crippen LogP) is 5.22. The van der Waals surface area contributed by atoms with Crippen LogP contribution in [0.5, 0.6) is 5.75 Å². The lowest BCUT2D eigenvalue weighted by molar-refractivity contribution is 0.0322. The van der Waals surface area contributed by atoms with E-state index in [0.717, 1.165) is 66.1 Å². The van der Waals surface area contributed by atoms with Crippen LogP contribution in [-0.4, -0.2) is 58.9 Å². The number of thiazole rings is 1. The Bertz CT molecular complexity index is 1680. The van der Waals surface area contributed by atoms with Gasteiger partial charge < -0.3 is 9.47 Å². The molecule has 0 atom stereocenters. The van der Waals surface area contributed by atoms with Crippen molar-refractivity contribution in [1.29, 1.82) is 0 Å². The molecule has 7 nitrogen and oxygen atoms in total. The first kappa shape index (κ1) is 26.2. The number of halogens is 2. The van der Waals surface area contributed by atoms with Crippen LogP contribution in [0.1, 0.15) is 5.56 Å². The van der Waals surface area contributed by atoms with Gasteiger partial charge in [0.1, 0.15) is 18.2 Å². The third-order valence-electron chi connectivity index (χ3n) is 6.80. The molecule has 3 aromatic carbocycles. The number of rotatable bonds is 8. The largest absolute Gasteiger partial charge is 0.489 e.